The van der Waals surface area contributed by atoms with Crippen molar-refractivity contribution in [2.75, 3.05) is 26.4 Å². The average Bonchev–Trinajstić information content (AvgIpc) is 2.45. The highest BCUT2D eigenvalue weighted by atomic mass is 16.6. The molecule has 0 unspecified atom stereocenters. The van der Waals surface area contributed by atoms with Crippen LogP contribution in [0.25, 0.3) is 0 Å². The van der Waals surface area contributed by atoms with Crippen LogP contribution in [-0.4, -0.2) is 37.3 Å². The van der Waals surface area contributed by atoms with Crippen LogP contribution in [0.5, 0.6) is 17.2 Å². The molecule has 1 aliphatic heterocycles. The summed E-state index contributed by atoms with van der Waals surface area (Å²) in [5, 5.41) is 14.4. The second-order valence-electron chi connectivity index (χ2n) is 5.03. The second-order valence-corrected chi connectivity index (χ2v) is 5.03. The fourth-order valence-corrected chi connectivity index (χ4v) is 1.96. The number of nitro groups is 1. The summed E-state index contributed by atoms with van der Waals surface area (Å²) in [6, 6.07) is 3.30. The Bertz CT molecular complexity index is 504. The maximum absolute atomic E-state index is 11.1. The minimum absolute atomic E-state index is 0.101. The average molecular weight is 296 g/mol. The summed E-state index contributed by atoms with van der Waals surface area (Å²) in [5.74, 6) is 1.10. The standard InChI is InChI=1S/C14H20N2O5/c1-10(2)15-4-3-5-19-12-9-14-13(20-6-7-21-14)8-11(12)16(17)18/h8-10,15H,3-7H2,1-2H3. The Morgan fingerprint density at radius 3 is 2.62 bits per heavy atom. The van der Waals surface area contributed by atoms with E-state index in [1.54, 1.807) is 0 Å². The fraction of sp³-hybridized carbons (Fsp3) is 0.571. The molecule has 0 saturated carbocycles. The van der Waals surface area contributed by atoms with Crippen molar-refractivity contribution >= 4 is 5.69 Å². The lowest BCUT2D eigenvalue weighted by atomic mass is 10.2. The number of nitrogens with zero attached hydrogens (tertiary/aromatic N) is 1. The molecule has 0 atom stereocenters. The zero-order valence-electron chi connectivity index (χ0n) is 12.3. The molecule has 0 saturated heterocycles. The van der Waals surface area contributed by atoms with Crippen LogP contribution in [0.3, 0.4) is 0 Å². The van der Waals surface area contributed by atoms with Gasteiger partial charge in [0, 0.05) is 12.1 Å². The molecule has 1 heterocycles. The minimum atomic E-state index is -0.472. The Morgan fingerprint density at radius 2 is 2.00 bits per heavy atom. The molecule has 21 heavy (non-hydrogen) atoms. The van der Waals surface area contributed by atoms with Crippen LogP contribution in [-0.2, 0) is 0 Å². The van der Waals surface area contributed by atoms with Crippen molar-refractivity contribution < 1.29 is 19.1 Å². The van der Waals surface area contributed by atoms with Crippen LogP contribution >= 0.6 is 0 Å². The van der Waals surface area contributed by atoms with Crippen LogP contribution in [0.15, 0.2) is 12.1 Å². The maximum Gasteiger partial charge on any atom is 0.314 e. The first-order valence-electron chi connectivity index (χ1n) is 7.02. The number of ether oxygens (including phenoxy) is 3. The van der Waals surface area contributed by atoms with Gasteiger partial charge in [-0.3, -0.25) is 10.1 Å². The van der Waals surface area contributed by atoms with E-state index in [-0.39, 0.29) is 11.4 Å². The first-order chi connectivity index (χ1) is 10.1. The van der Waals surface area contributed by atoms with E-state index in [0.29, 0.717) is 37.4 Å². The maximum atomic E-state index is 11.1. The van der Waals surface area contributed by atoms with E-state index in [9.17, 15) is 10.1 Å². The van der Waals surface area contributed by atoms with Crippen LogP contribution in [0.2, 0.25) is 0 Å². The summed E-state index contributed by atoms with van der Waals surface area (Å²) in [6.07, 6.45) is 0.768. The number of nitrogens with one attached hydrogen (secondary N) is 1. The zero-order valence-corrected chi connectivity index (χ0v) is 12.3. The van der Waals surface area contributed by atoms with Crippen molar-refractivity contribution in [2.45, 2.75) is 26.3 Å². The van der Waals surface area contributed by atoms with Crippen LogP contribution < -0.4 is 19.5 Å². The van der Waals surface area contributed by atoms with Crippen LogP contribution in [0.4, 0.5) is 5.69 Å². The molecular weight excluding hydrogens is 276 g/mol. The highest BCUT2D eigenvalue weighted by Gasteiger charge is 2.23. The van der Waals surface area contributed by atoms with E-state index in [1.807, 2.05) is 0 Å². The third-order valence-corrected chi connectivity index (χ3v) is 2.95. The molecule has 7 nitrogen and oxygen atoms in total. The van der Waals surface area contributed by atoms with E-state index in [1.165, 1.54) is 12.1 Å². The number of hydrogen-bond donors (Lipinski definition) is 1. The fourth-order valence-electron chi connectivity index (χ4n) is 1.96. The SMILES string of the molecule is CC(C)NCCCOc1cc2c(cc1[N+](=O)[O-])OCCO2. The third-order valence-electron chi connectivity index (χ3n) is 2.95. The summed E-state index contributed by atoms with van der Waals surface area (Å²) < 4.78 is 16.3. The van der Waals surface area contributed by atoms with Crippen LogP contribution in [0.1, 0.15) is 20.3 Å². The smallest absolute Gasteiger partial charge is 0.314 e. The molecule has 1 aliphatic rings. The van der Waals surface area contributed by atoms with Gasteiger partial charge in [-0.05, 0) is 13.0 Å². The summed E-state index contributed by atoms with van der Waals surface area (Å²) >= 11 is 0. The first-order valence-corrected chi connectivity index (χ1v) is 7.02. The van der Waals surface area contributed by atoms with Gasteiger partial charge in [0.15, 0.2) is 11.5 Å². The predicted octanol–water partition coefficient (Wildman–Crippen LogP) is 2.13. The van der Waals surface area contributed by atoms with Gasteiger partial charge in [0.25, 0.3) is 0 Å². The number of rotatable bonds is 7. The van der Waals surface area contributed by atoms with Crippen molar-refractivity contribution in [3.8, 4) is 17.2 Å². The molecule has 0 radical (unpaired) electrons. The molecule has 0 spiro atoms. The van der Waals surface area contributed by atoms with Gasteiger partial charge in [0.2, 0.25) is 5.75 Å². The molecule has 2 rings (SSSR count). The minimum Gasteiger partial charge on any atom is -0.487 e. The number of nitro benzene ring substituents is 1. The molecule has 7 heteroatoms. The zero-order chi connectivity index (χ0) is 15.2. The van der Waals surface area contributed by atoms with Gasteiger partial charge < -0.3 is 19.5 Å². The molecule has 1 aromatic rings. The normalized spacial score (nSPS) is 13.3. The summed E-state index contributed by atoms with van der Waals surface area (Å²) in [6.45, 7) is 6.16. The highest BCUT2D eigenvalue weighted by Crippen LogP contribution is 2.40. The van der Waals surface area contributed by atoms with Gasteiger partial charge in [-0.1, -0.05) is 13.8 Å². The lowest BCUT2D eigenvalue weighted by Crippen LogP contribution is -2.24. The predicted molar refractivity (Wildman–Crippen MR) is 77.3 cm³/mol. The molecular formula is C14H20N2O5. The number of fused-ring (bicyclic) bond motifs is 1. The lowest BCUT2D eigenvalue weighted by Gasteiger charge is -2.19. The Morgan fingerprint density at radius 1 is 1.33 bits per heavy atom. The molecule has 0 aromatic heterocycles. The third kappa shape index (κ3) is 4.22. The topological polar surface area (TPSA) is 82.9 Å². The summed E-state index contributed by atoms with van der Waals surface area (Å²) in [7, 11) is 0. The summed E-state index contributed by atoms with van der Waals surface area (Å²) in [4.78, 5) is 10.6. The van der Waals surface area contributed by atoms with Crippen molar-refractivity contribution in [2.24, 2.45) is 0 Å². The molecule has 0 amide bonds. The van der Waals surface area contributed by atoms with E-state index >= 15 is 0 Å². The van der Waals surface area contributed by atoms with Gasteiger partial charge >= 0.3 is 5.69 Å². The van der Waals surface area contributed by atoms with Crippen molar-refractivity contribution in [1.82, 2.24) is 5.32 Å². The second kappa shape index (κ2) is 7.12. The van der Waals surface area contributed by atoms with E-state index in [2.05, 4.69) is 19.2 Å². The molecule has 0 aliphatic carbocycles. The van der Waals surface area contributed by atoms with Gasteiger partial charge in [-0.25, -0.2) is 0 Å². The van der Waals surface area contributed by atoms with Gasteiger partial charge in [0.05, 0.1) is 17.6 Å². The quantitative estimate of drug-likeness (QED) is 0.471. The summed E-state index contributed by atoms with van der Waals surface area (Å²) in [5.41, 5.74) is -0.101. The van der Waals surface area contributed by atoms with E-state index in [4.69, 9.17) is 14.2 Å². The van der Waals surface area contributed by atoms with Gasteiger partial charge in [-0.15, -0.1) is 0 Å². The molecule has 1 aromatic carbocycles. The van der Waals surface area contributed by atoms with Crippen molar-refractivity contribution in [3.05, 3.63) is 22.2 Å². The largest absolute Gasteiger partial charge is 0.487 e. The Hall–Kier alpha value is -2.02. The number of hydrogen-bond acceptors (Lipinski definition) is 6. The lowest BCUT2D eigenvalue weighted by molar-refractivity contribution is -0.386. The first kappa shape index (κ1) is 15.4. The van der Waals surface area contributed by atoms with E-state index in [0.717, 1.165) is 13.0 Å². The Balaban J connectivity index is 2.01. The van der Waals surface area contributed by atoms with Crippen molar-refractivity contribution in [1.29, 1.82) is 0 Å². The van der Waals surface area contributed by atoms with Crippen LogP contribution in [0, 0.1) is 10.1 Å². The Kier molecular flexibility index (Phi) is 5.21. The van der Waals surface area contributed by atoms with E-state index < -0.39 is 4.92 Å². The van der Waals surface area contributed by atoms with Gasteiger partial charge in [0.1, 0.15) is 13.2 Å². The highest BCUT2D eigenvalue weighted by molar-refractivity contribution is 5.58. The number of benzene rings is 1. The Labute approximate surface area is 123 Å². The monoisotopic (exact) mass is 296 g/mol. The molecule has 0 fully saturated rings. The molecule has 1 N–H and O–H groups in total. The molecule has 116 valence electrons. The van der Waals surface area contributed by atoms with Crippen molar-refractivity contribution in [3.63, 3.8) is 0 Å². The van der Waals surface area contributed by atoms with Gasteiger partial charge in [-0.2, -0.15) is 0 Å². The molecule has 0 bridgehead atoms.